The van der Waals surface area contributed by atoms with Crippen LogP contribution in [0.15, 0.2) is 30.5 Å². The molecule has 0 saturated carbocycles. The second kappa shape index (κ2) is 9.58. The predicted molar refractivity (Wildman–Crippen MR) is 119 cm³/mol. The molecule has 1 saturated heterocycles. The zero-order valence-electron chi connectivity index (χ0n) is 19.2. The lowest BCUT2D eigenvalue weighted by Gasteiger charge is -2.40. The number of benzene rings is 1. The van der Waals surface area contributed by atoms with Crippen LogP contribution in [0.5, 0.6) is 11.6 Å². The Bertz CT molecular complexity index is 950. The Morgan fingerprint density at radius 2 is 2.09 bits per heavy atom. The average Bonchev–Trinajstić information content (AvgIpc) is 2.68. The van der Waals surface area contributed by atoms with Gasteiger partial charge in [-0.25, -0.2) is 9.78 Å². The number of aromatic nitrogens is 2. The van der Waals surface area contributed by atoms with Crippen LogP contribution in [-0.2, 0) is 11.2 Å². The van der Waals surface area contributed by atoms with Crippen molar-refractivity contribution in [3.8, 4) is 11.6 Å². The van der Waals surface area contributed by atoms with Crippen LogP contribution in [0.25, 0.3) is 0 Å². The Morgan fingerprint density at radius 3 is 2.75 bits per heavy atom. The van der Waals surface area contributed by atoms with E-state index in [1.165, 1.54) is 0 Å². The number of carbonyl (C=O) groups is 1. The first kappa shape index (κ1) is 23.6. The summed E-state index contributed by atoms with van der Waals surface area (Å²) in [5, 5.41) is 9.61. The first-order valence-electron chi connectivity index (χ1n) is 10.7. The van der Waals surface area contributed by atoms with Crippen LogP contribution in [0.4, 0.5) is 15.1 Å². The summed E-state index contributed by atoms with van der Waals surface area (Å²) < 4.78 is 25.5. The molecule has 1 aliphatic rings. The van der Waals surface area contributed by atoms with E-state index in [0.717, 1.165) is 11.8 Å². The van der Waals surface area contributed by atoms with Crippen molar-refractivity contribution in [3.05, 3.63) is 41.8 Å². The lowest BCUT2D eigenvalue weighted by atomic mass is 10.1. The van der Waals surface area contributed by atoms with E-state index < -0.39 is 11.4 Å². The monoisotopic (exact) mass is 446 g/mol. The van der Waals surface area contributed by atoms with Gasteiger partial charge in [0.15, 0.2) is 0 Å². The van der Waals surface area contributed by atoms with Gasteiger partial charge >= 0.3 is 6.09 Å². The summed E-state index contributed by atoms with van der Waals surface area (Å²) in [7, 11) is 0. The Balaban J connectivity index is 1.65. The molecule has 32 heavy (non-hydrogen) atoms. The maximum atomic E-state index is 14.3. The molecule has 174 valence electrons. The van der Waals surface area contributed by atoms with E-state index in [2.05, 4.69) is 9.97 Å². The summed E-state index contributed by atoms with van der Waals surface area (Å²) in [5.41, 5.74) is 0.318. The summed E-state index contributed by atoms with van der Waals surface area (Å²) in [6.45, 7) is 10.6. The lowest BCUT2D eigenvalue weighted by Crippen LogP contribution is -2.55. The molecule has 2 aromatic rings. The molecule has 0 aliphatic carbocycles. The minimum atomic E-state index is -0.642. The number of rotatable bonds is 5. The molecule has 1 fully saturated rings. The number of amides is 1. The number of piperazine rings is 1. The van der Waals surface area contributed by atoms with Gasteiger partial charge in [-0.05, 0) is 52.3 Å². The quantitative estimate of drug-likeness (QED) is 0.748. The van der Waals surface area contributed by atoms with Crippen molar-refractivity contribution in [1.29, 1.82) is 0 Å². The second-order valence-electron chi connectivity index (χ2n) is 9.09. The van der Waals surface area contributed by atoms with Gasteiger partial charge in [-0.1, -0.05) is 12.1 Å². The van der Waals surface area contributed by atoms with Crippen LogP contribution in [0.2, 0.25) is 0 Å². The van der Waals surface area contributed by atoms with E-state index in [1.54, 1.807) is 23.1 Å². The van der Waals surface area contributed by atoms with Crippen LogP contribution < -0.4 is 9.64 Å². The molecule has 0 spiro atoms. The number of halogens is 1. The molecular formula is C23H31FN4O4. The van der Waals surface area contributed by atoms with Gasteiger partial charge in [0.1, 0.15) is 17.5 Å². The maximum absolute atomic E-state index is 14.3. The smallest absolute Gasteiger partial charge is 0.410 e. The van der Waals surface area contributed by atoms with E-state index in [9.17, 15) is 14.3 Å². The Hall–Kier alpha value is -3.10. The highest BCUT2D eigenvalue weighted by Crippen LogP contribution is 2.23. The number of phenols is 1. The fourth-order valence-corrected chi connectivity index (χ4v) is 3.56. The Morgan fingerprint density at radius 1 is 1.34 bits per heavy atom. The number of carbonyl (C=O) groups excluding carboxylic acids is 1. The highest BCUT2D eigenvalue weighted by molar-refractivity contribution is 5.68. The number of hydrogen-bond donors (Lipinski definition) is 1. The number of aromatic hydroxyl groups is 1. The van der Waals surface area contributed by atoms with Crippen LogP contribution in [0.3, 0.4) is 0 Å². The number of phenolic OH excluding ortho intramolecular Hbond substituents is 1. The topological polar surface area (TPSA) is 88.0 Å². The van der Waals surface area contributed by atoms with Crippen LogP contribution in [0.1, 0.15) is 40.2 Å². The summed E-state index contributed by atoms with van der Waals surface area (Å²) in [6, 6.07) is 6.77. The second-order valence-corrected chi connectivity index (χ2v) is 9.09. The first-order chi connectivity index (χ1) is 15.0. The van der Waals surface area contributed by atoms with Crippen LogP contribution >= 0.6 is 0 Å². The van der Waals surface area contributed by atoms with E-state index >= 15 is 0 Å². The summed E-state index contributed by atoms with van der Waals surface area (Å²) >= 11 is 0. The van der Waals surface area contributed by atoms with E-state index in [0.29, 0.717) is 32.0 Å². The number of hydrogen-bond acceptors (Lipinski definition) is 7. The lowest BCUT2D eigenvalue weighted by molar-refractivity contribution is 0.0218. The summed E-state index contributed by atoms with van der Waals surface area (Å²) in [4.78, 5) is 24.4. The molecule has 1 amide bonds. The zero-order chi connectivity index (χ0) is 23.5. The van der Waals surface area contributed by atoms with Gasteiger partial charge in [-0.3, -0.25) is 0 Å². The highest BCUT2D eigenvalue weighted by Gasteiger charge is 2.31. The molecule has 8 nitrogen and oxygen atoms in total. The van der Waals surface area contributed by atoms with Crippen molar-refractivity contribution in [3.63, 3.8) is 0 Å². The molecule has 2 atom stereocenters. The van der Waals surface area contributed by atoms with Gasteiger partial charge in [-0.2, -0.15) is 9.37 Å². The highest BCUT2D eigenvalue weighted by atomic mass is 19.1. The molecule has 0 unspecified atom stereocenters. The van der Waals surface area contributed by atoms with Crippen molar-refractivity contribution < 1.29 is 23.8 Å². The van der Waals surface area contributed by atoms with Gasteiger partial charge in [0.25, 0.3) is 5.88 Å². The molecule has 9 heteroatoms. The predicted octanol–water partition coefficient (Wildman–Crippen LogP) is 3.78. The molecule has 1 aromatic heterocycles. The third-order valence-electron chi connectivity index (χ3n) is 4.98. The first-order valence-corrected chi connectivity index (χ1v) is 10.7. The van der Waals surface area contributed by atoms with Gasteiger partial charge in [0.05, 0.1) is 6.20 Å². The number of anilines is 1. The van der Waals surface area contributed by atoms with Crippen molar-refractivity contribution in [1.82, 2.24) is 14.9 Å². The van der Waals surface area contributed by atoms with Gasteiger partial charge < -0.3 is 24.4 Å². The molecule has 2 heterocycles. The molecule has 0 radical (unpaired) electrons. The fraction of sp³-hybridized carbons (Fsp3) is 0.522. The summed E-state index contributed by atoms with van der Waals surface area (Å²) in [5.74, 6) is -0.243. The third-order valence-corrected chi connectivity index (χ3v) is 4.98. The molecule has 3 rings (SSSR count). The molecule has 1 aromatic carbocycles. The number of ether oxygens (including phenoxy) is 2. The van der Waals surface area contributed by atoms with E-state index in [-0.39, 0.29) is 29.9 Å². The largest absolute Gasteiger partial charge is 0.508 e. The number of nitrogens with zero attached hydrogens (tertiary/aromatic N) is 4. The maximum Gasteiger partial charge on any atom is 0.410 e. The van der Waals surface area contributed by atoms with Crippen molar-refractivity contribution in [2.45, 2.75) is 58.8 Å². The zero-order valence-corrected chi connectivity index (χ0v) is 19.2. The van der Waals surface area contributed by atoms with Gasteiger partial charge in [0, 0.05) is 32.1 Å². The molecule has 1 aliphatic heterocycles. The van der Waals surface area contributed by atoms with Crippen LogP contribution in [-0.4, -0.2) is 63.4 Å². The SMILES string of the molecule is C[C@H](Cc1cccc(O)c1)Oc1nc(N2CCN(C(=O)OC(C)(C)C)C[C@H]2C)ncc1F. The Kier molecular flexibility index (Phi) is 7.06. The van der Waals surface area contributed by atoms with Crippen molar-refractivity contribution in [2.24, 2.45) is 0 Å². The molecule has 1 N–H and O–H groups in total. The Labute approximate surface area is 188 Å². The normalized spacial score (nSPS) is 17.8. The minimum absolute atomic E-state index is 0.0840. The van der Waals surface area contributed by atoms with E-state index in [4.69, 9.17) is 9.47 Å². The van der Waals surface area contributed by atoms with Crippen molar-refractivity contribution in [2.75, 3.05) is 24.5 Å². The minimum Gasteiger partial charge on any atom is -0.508 e. The fourth-order valence-electron chi connectivity index (χ4n) is 3.56. The van der Waals surface area contributed by atoms with Gasteiger partial charge in [-0.15, -0.1) is 0 Å². The van der Waals surface area contributed by atoms with Crippen molar-refractivity contribution >= 4 is 12.0 Å². The third kappa shape index (κ3) is 6.21. The van der Waals surface area contributed by atoms with Gasteiger partial charge in [0.2, 0.25) is 11.8 Å². The standard InChI is InChI=1S/C23H31FN4O4/c1-15-14-27(22(30)32-23(3,4)5)9-10-28(15)21-25-13-19(24)20(26-21)31-16(2)11-17-7-6-8-18(29)12-17/h6-8,12-13,15-16,29H,9-11,14H2,1-5H3/t15-,16-/m1/s1. The molecule has 0 bridgehead atoms. The van der Waals surface area contributed by atoms with Crippen LogP contribution in [0, 0.1) is 5.82 Å². The summed E-state index contributed by atoms with van der Waals surface area (Å²) in [6.07, 6.45) is 0.869. The average molecular weight is 447 g/mol. The molecular weight excluding hydrogens is 415 g/mol. The van der Waals surface area contributed by atoms with E-state index in [1.807, 2.05) is 45.6 Å².